The van der Waals surface area contributed by atoms with Crippen molar-refractivity contribution in [2.24, 2.45) is 0 Å². The molecule has 0 N–H and O–H groups in total. The molecule has 0 saturated heterocycles. The highest BCUT2D eigenvalue weighted by atomic mass is 16.5. The molecule has 0 aliphatic heterocycles. The molecule has 0 saturated carbocycles. The topological polar surface area (TPSA) is 18.5 Å². The molecule has 0 bridgehead atoms. The molecule has 0 aromatic carbocycles. The standard InChI is InChI=1S/C10H20O2/c1-7-8-10(4,12-6)9(2,3)11-5/h7H,1,8H2,2-6H3. The minimum atomic E-state index is -0.302. The van der Waals surface area contributed by atoms with Crippen LogP contribution < -0.4 is 0 Å². The van der Waals surface area contributed by atoms with Crippen molar-refractivity contribution in [2.75, 3.05) is 14.2 Å². The first-order chi connectivity index (χ1) is 5.43. The van der Waals surface area contributed by atoms with Crippen molar-refractivity contribution in [3.63, 3.8) is 0 Å². The molecule has 0 aliphatic carbocycles. The molecule has 0 fully saturated rings. The molecule has 12 heavy (non-hydrogen) atoms. The van der Waals surface area contributed by atoms with Gasteiger partial charge in [0.05, 0.1) is 11.2 Å². The second-order valence-corrected chi connectivity index (χ2v) is 3.64. The zero-order chi connectivity index (χ0) is 9.83. The highest BCUT2D eigenvalue weighted by Crippen LogP contribution is 2.31. The highest BCUT2D eigenvalue weighted by molar-refractivity contribution is 4.97. The fraction of sp³-hybridized carbons (Fsp3) is 0.800. The fourth-order valence-electron chi connectivity index (χ4n) is 1.07. The van der Waals surface area contributed by atoms with Crippen LogP contribution in [0.1, 0.15) is 27.2 Å². The molecule has 2 nitrogen and oxygen atoms in total. The average Bonchev–Trinajstić information content (AvgIpc) is 2.04. The first-order valence-corrected chi connectivity index (χ1v) is 4.14. The normalized spacial score (nSPS) is 17.1. The fourth-order valence-corrected chi connectivity index (χ4v) is 1.07. The Morgan fingerprint density at radius 3 is 1.92 bits per heavy atom. The Bertz CT molecular complexity index is 152. The molecular formula is C10H20O2. The van der Waals surface area contributed by atoms with Crippen molar-refractivity contribution in [3.05, 3.63) is 12.7 Å². The van der Waals surface area contributed by atoms with Crippen LogP contribution in [0.3, 0.4) is 0 Å². The van der Waals surface area contributed by atoms with Crippen LogP contribution in [0.2, 0.25) is 0 Å². The molecule has 0 heterocycles. The summed E-state index contributed by atoms with van der Waals surface area (Å²) in [5.41, 5.74) is -0.598. The van der Waals surface area contributed by atoms with E-state index in [1.165, 1.54) is 0 Å². The quantitative estimate of drug-likeness (QED) is 0.593. The lowest BCUT2D eigenvalue weighted by Crippen LogP contribution is -2.50. The maximum absolute atomic E-state index is 5.44. The van der Waals surface area contributed by atoms with Gasteiger partial charge in [-0.25, -0.2) is 0 Å². The lowest BCUT2D eigenvalue weighted by molar-refractivity contribution is -0.156. The van der Waals surface area contributed by atoms with Gasteiger partial charge >= 0.3 is 0 Å². The van der Waals surface area contributed by atoms with Gasteiger partial charge in [-0.05, 0) is 27.2 Å². The summed E-state index contributed by atoms with van der Waals surface area (Å²) in [4.78, 5) is 0. The number of rotatable bonds is 5. The Labute approximate surface area is 75.6 Å². The molecule has 0 aromatic rings. The number of ether oxygens (including phenoxy) is 2. The summed E-state index contributed by atoms with van der Waals surface area (Å²) < 4.78 is 10.8. The third-order valence-corrected chi connectivity index (χ3v) is 2.77. The third kappa shape index (κ3) is 2.08. The first kappa shape index (κ1) is 11.7. The van der Waals surface area contributed by atoms with Gasteiger partial charge < -0.3 is 9.47 Å². The Hall–Kier alpha value is -0.340. The van der Waals surface area contributed by atoms with Gasteiger partial charge in [-0.15, -0.1) is 6.58 Å². The van der Waals surface area contributed by atoms with Crippen molar-refractivity contribution < 1.29 is 9.47 Å². The lowest BCUT2D eigenvalue weighted by Gasteiger charge is -2.41. The highest BCUT2D eigenvalue weighted by Gasteiger charge is 2.40. The summed E-state index contributed by atoms with van der Waals surface area (Å²) in [6.07, 6.45) is 2.63. The Morgan fingerprint density at radius 1 is 1.17 bits per heavy atom. The third-order valence-electron chi connectivity index (χ3n) is 2.77. The molecule has 0 rings (SSSR count). The predicted molar refractivity (Wildman–Crippen MR) is 51.3 cm³/mol. The molecule has 0 aromatic heterocycles. The van der Waals surface area contributed by atoms with Crippen LogP contribution in [0.4, 0.5) is 0 Å². The first-order valence-electron chi connectivity index (χ1n) is 4.14. The maximum Gasteiger partial charge on any atom is 0.0967 e. The van der Waals surface area contributed by atoms with Gasteiger partial charge in [-0.1, -0.05) is 6.08 Å². The summed E-state index contributed by atoms with van der Waals surface area (Å²) in [6.45, 7) is 9.76. The van der Waals surface area contributed by atoms with Crippen molar-refractivity contribution in [3.8, 4) is 0 Å². The van der Waals surface area contributed by atoms with Crippen molar-refractivity contribution >= 4 is 0 Å². The maximum atomic E-state index is 5.44. The number of hydrogen-bond acceptors (Lipinski definition) is 2. The predicted octanol–water partition coefficient (Wildman–Crippen LogP) is 2.39. The molecule has 1 atom stereocenters. The van der Waals surface area contributed by atoms with E-state index < -0.39 is 0 Å². The van der Waals surface area contributed by atoms with Crippen LogP contribution in [0.5, 0.6) is 0 Å². The van der Waals surface area contributed by atoms with Gasteiger partial charge in [0.1, 0.15) is 0 Å². The van der Waals surface area contributed by atoms with E-state index in [0.29, 0.717) is 0 Å². The summed E-state index contributed by atoms with van der Waals surface area (Å²) in [6, 6.07) is 0. The van der Waals surface area contributed by atoms with Crippen molar-refractivity contribution in [1.82, 2.24) is 0 Å². The summed E-state index contributed by atoms with van der Waals surface area (Å²) in [7, 11) is 3.39. The van der Waals surface area contributed by atoms with E-state index in [1.807, 2.05) is 26.8 Å². The van der Waals surface area contributed by atoms with Crippen LogP contribution in [0, 0.1) is 0 Å². The molecule has 0 spiro atoms. The largest absolute Gasteiger partial charge is 0.376 e. The molecule has 0 amide bonds. The van der Waals surface area contributed by atoms with Crippen LogP contribution in [0.15, 0.2) is 12.7 Å². The number of hydrogen-bond donors (Lipinski definition) is 0. The Morgan fingerprint density at radius 2 is 1.67 bits per heavy atom. The van der Waals surface area contributed by atoms with Crippen LogP contribution >= 0.6 is 0 Å². The van der Waals surface area contributed by atoms with Crippen molar-refractivity contribution in [2.45, 2.75) is 38.4 Å². The number of methoxy groups -OCH3 is 2. The Balaban J connectivity index is 4.59. The van der Waals surface area contributed by atoms with Gasteiger partial charge in [0.15, 0.2) is 0 Å². The van der Waals surface area contributed by atoms with Gasteiger partial charge in [-0.3, -0.25) is 0 Å². The van der Waals surface area contributed by atoms with Gasteiger partial charge in [0, 0.05) is 14.2 Å². The van der Waals surface area contributed by atoms with E-state index in [9.17, 15) is 0 Å². The second-order valence-electron chi connectivity index (χ2n) is 3.64. The second kappa shape index (κ2) is 4.06. The van der Waals surface area contributed by atoms with E-state index in [1.54, 1.807) is 14.2 Å². The van der Waals surface area contributed by atoms with Crippen LogP contribution in [0.25, 0.3) is 0 Å². The van der Waals surface area contributed by atoms with Gasteiger partial charge in [0.2, 0.25) is 0 Å². The molecule has 72 valence electrons. The van der Waals surface area contributed by atoms with E-state index in [4.69, 9.17) is 9.47 Å². The van der Waals surface area contributed by atoms with Crippen LogP contribution in [-0.4, -0.2) is 25.4 Å². The molecule has 0 aliphatic rings. The van der Waals surface area contributed by atoms with E-state index in [0.717, 1.165) is 6.42 Å². The summed E-state index contributed by atoms with van der Waals surface area (Å²) in [5.74, 6) is 0. The molecular weight excluding hydrogens is 152 g/mol. The molecule has 1 unspecified atom stereocenters. The monoisotopic (exact) mass is 172 g/mol. The van der Waals surface area contributed by atoms with E-state index in [-0.39, 0.29) is 11.2 Å². The zero-order valence-electron chi connectivity index (χ0n) is 8.81. The van der Waals surface area contributed by atoms with Crippen LogP contribution in [-0.2, 0) is 9.47 Å². The minimum Gasteiger partial charge on any atom is -0.376 e. The van der Waals surface area contributed by atoms with Gasteiger partial charge in [0.25, 0.3) is 0 Å². The zero-order valence-corrected chi connectivity index (χ0v) is 8.81. The van der Waals surface area contributed by atoms with E-state index in [2.05, 4.69) is 6.58 Å². The lowest BCUT2D eigenvalue weighted by atomic mass is 9.84. The molecule has 0 radical (unpaired) electrons. The Kier molecular flexibility index (Phi) is 3.94. The average molecular weight is 172 g/mol. The van der Waals surface area contributed by atoms with E-state index >= 15 is 0 Å². The SMILES string of the molecule is C=CCC(C)(OC)C(C)(C)OC. The van der Waals surface area contributed by atoms with Gasteiger partial charge in [-0.2, -0.15) is 0 Å². The summed E-state index contributed by atoms with van der Waals surface area (Å²) in [5, 5.41) is 0. The van der Waals surface area contributed by atoms with Crippen molar-refractivity contribution in [1.29, 1.82) is 0 Å². The smallest absolute Gasteiger partial charge is 0.0967 e. The molecule has 2 heteroatoms. The summed E-state index contributed by atoms with van der Waals surface area (Å²) >= 11 is 0. The minimum absolute atomic E-state index is 0.296.